The van der Waals surface area contributed by atoms with E-state index in [1.807, 2.05) is 0 Å². The number of hydrogen-bond acceptors (Lipinski definition) is 5. The molecule has 1 aliphatic heterocycles. The normalized spacial score (nSPS) is 25.5. The Labute approximate surface area is 115 Å². The molecule has 1 N–H and O–H groups in total. The van der Waals surface area contributed by atoms with Gasteiger partial charge in [0.25, 0.3) is 0 Å². The van der Waals surface area contributed by atoms with E-state index in [9.17, 15) is 0 Å². The minimum Gasteiger partial charge on any atom is -0.374 e. The van der Waals surface area contributed by atoms with Crippen LogP contribution in [0.25, 0.3) is 0 Å². The first-order valence-electron chi connectivity index (χ1n) is 7.16. The van der Waals surface area contributed by atoms with Gasteiger partial charge < -0.3 is 10.1 Å². The van der Waals surface area contributed by atoms with Crippen molar-refractivity contribution in [2.75, 3.05) is 32.8 Å². The molecule has 0 amide bonds. The van der Waals surface area contributed by atoms with Crippen LogP contribution in [0, 0.1) is 28.6 Å². The van der Waals surface area contributed by atoms with Crippen molar-refractivity contribution in [3.63, 3.8) is 0 Å². The van der Waals surface area contributed by atoms with Crippen molar-refractivity contribution >= 4 is 0 Å². The van der Waals surface area contributed by atoms with Crippen molar-refractivity contribution in [3.8, 4) is 12.1 Å². The summed E-state index contributed by atoms with van der Waals surface area (Å²) in [6.07, 6.45) is 4.02. The summed E-state index contributed by atoms with van der Waals surface area (Å²) in [6.45, 7) is 4.34. The topological polar surface area (TPSA) is 72.1 Å². The molecule has 0 spiro atoms. The van der Waals surface area contributed by atoms with Crippen molar-refractivity contribution in [2.45, 2.75) is 37.8 Å². The van der Waals surface area contributed by atoms with Crippen LogP contribution in [0.5, 0.6) is 0 Å². The molecule has 1 heterocycles. The van der Waals surface area contributed by atoms with Gasteiger partial charge in [0, 0.05) is 38.6 Å². The standard InChI is InChI=1S/C14H22N4O/c15-5-1-2-12(8-16)9-17-10-14-11-18(6-7-19-14)13-3-4-13/h12-14,17H,1-4,6-7,9-11H2/t12-,14+/m1/s1. The van der Waals surface area contributed by atoms with Gasteiger partial charge in [0.05, 0.1) is 30.8 Å². The van der Waals surface area contributed by atoms with E-state index in [4.69, 9.17) is 15.3 Å². The Balaban J connectivity index is 1.61. The number of nitrogens with zero attached hydrogens (tertiary/aromatic N) is 3. The third-order valence-electron chi connectivity index (χ3n) is 3.78. The molecule has 5 heteroatoms. The molecule has 5 nitrogen and oxygen atoms in total. The van der Waals surface area contributed by atoms with Gasteiger partial charge in [-0.25, -0.2) is 0 Å². The highest BCUT2D eigenvalue weighted by Crippen LogP contribution is 2.28. The Kier molecular flexibility index (Phi) is 5.60. The highest BCUT2D eigenvalue weighted by Gasteiger charge is 2.32. The molecule has 0 aromatic carbocycles. The molecular formula is C14H22N4O. The smallest absolute Gasteiger partial charge is 0.0826 e. The third kappa shape index (κ3) is 4.80. The minimum atomic E-state index is -0.0669. The summed E-state index contributed by atoms with van der Waals surface area (Å²) in [5.74, 6) is -0.0669. The van der Waals surface area contributed by atoms with Crippen LogP contribution in [-0.2, 0) is 4.74 Å². The second kappa shape index (κ2) is 7.45. The Bertz CT molecular complexity index is 355. The van der Waals surface area contributed by atoms with Gasteiger partial charge in [-0.1, -0.05) is 0 Å². The molecule has 1 aliphatic carbocycles. The molecule has 104 valence electrons. The van der Waals surface area contributed by atoms with Gasteiger partial charge in [0.2, 0.25) is 0 Å². The number of nitriles is 2. The summed E-state index contributed by atoms with van der Waals surface area (Å²) in [7, 11) is 0. The molecule has 2 rings (SSSR count). The summed E-state index contributed by atoms with van der Waals surface area (Å²) in [5.41, 5.74) is 0. The monoisotopic (exact) mass is 262 g/mol. The molecule has 0 unspecified atom stereocenters. The highest BCUT2D eigenvalue weighted by molar-refractivity contribution is 4.89. The molecular weight excluding hydrogens is 240 g/mol. The average Bonchev–Trinajstić information content (AvgIpc) is 3.27. The molecule has 0 aromatic rings. The van der Waals surface area contributed by atoms with Crippen LogP contribution in [0.1, 0.15) is 25.7 Å². The average molecular weight is 262 g/mol. The first kappa shape index (κ1) is 14.3. The molecule has 19 heavy (non-hydrogen) atoms. The maximum Gasteiger partial charge on any atom is 0.0826 e. The predicted octanol–water partition coefficient (Wildman–Crippen LogP) is 0.883. The van der Waals surface area contributed by atoms with Crippen LogP contribution in [0.2, 0.25) is 0 Å². The van der Waals surface area contributed by atoms with Gasteiger partial charge >= 0.3 is 0 Å². The third-order valence-corrected chi connectivity index (χ3v) is 3.78. The van der Waals surface area contributed by atoms with Gasteiger partial charge in [-0.05, 0) is 19.3 Å². The molecule has 2 atom stereocenters. The van der Waals surface area contributed by atoms with Crippen LogP contribution in [-0.4, -0.2) is 49.8 Å². The van der Waals surface area contributed by atoms with E-state index >= 15 is 0 Å². The molecule has 1 saturated heterocycles. The summed E-state index contributed by atoms with van der Waals surface area (Å²) in [5, 5.41) is 20.8. The van der Waals surface area contributed by atoms with Gasteiger partial charge in [0.15, 0.2) is 0 Å². The van der Waals surface area contributed by atoms with E-state index in [0.717, 1.165) is 32.3 Å². The second-order valence-corrected chi connectivity index (χ2v) is 5.40. The quantitative estimate of drug-likeness (QED) is 0.737. The molecule has 0 bridgehead atoms. The lowest BCUT2D eigenvalue weighted by molar-refractivity contribution is -0.0301. The van der Waals surface area contributed by atoms with E-state index < -0.39 is 0 Å². The van der Waals surface area contributed by atoms with E-state index in [1.54, 1.807) is 0 Å². The Morgan fingerprint density at radius 2 is 2.21 bits per heavy atom. The largest absolute Gasteiger partial charge is 0.374 e. The summed E-state index contributed by atoms with van der Waals surface area (Å²) in [6, 6.07) is 5.13. The summed E-state index contributed by atoms with van der Waals surface area (Å²) >= 11 is 0. The van der Waals surface area contributed by atoms with Crippen molar-refractivity contribution in [3.05, 3.63) is 0 Å². The van der Waals surface area contributed by atoms with Crippen molar-refractivity contribution in [1.29, 1.82) is 10.5 Å². The Morgan fingerprint density at radius 3 is 2.89 bits per heavy atom. The van der Waals surface area contributed by atoms with Gasteiger partial charge in [0.1, 0.15) is 0 Å². The second-order valence-electron chi connectivity index (χ2n) is 5.40. The van der Waals surface area contributed by atoms with Crippen molar-refractivity contribution < 1.29 is 4.74 Å². The lowest BCUT2D eigenvalue weighted by atomic mass is 10.1. The van der Waals surface area contributed by atoms with E-state index in [0.29, 0.717) is 19.4 Å². The number of rotatable bonds is 7. The molecule has 2 fully saturated rings. The SMILES string of the molecule is N#CCC[C@H](C#N)CNC[C@H]1CN(C2CC2)CCO1. The fourth-order valence-corrected chi connectivity index (χ4v) is 2.51. The maximum absolute atomic E-state index is 8.97. The lowest BCUT2D eigenvalue weighted by Crippen LogP contribution is -2.47. The number of nitrogens with one attached hydrogen (secondary N) is 1. The van der Waals surface area contributed by atoms with Crippen LogP contribution >= 0.6 is 0 Å². The van der Waals surface area contributed by atoms with E-state index in [-0.39, 0.29) is 12.0 Å². The molecule has 0 radical (unpaired) electrons. The predicted molar refractivity (Wildman–Crippen MR) is 71.2 cm³/mol. The lowest BCUT2D eigenvalue weighted by Gasteiger charge is -2.33. The molecule has 1 saturated carbocycles. The number of ether oxygens (including phenoxy) is 1. The Hall–Kier alpha value is -1.14. The maximum atomic E-state index is 8.97. The fraction of sp³-hybridized carbons (Fsp3) is 0.857. The first-order valence-corrected chi connectivity index (χ1v) is 7.16. The molecule has 0 aromatic heterocycles. The van der Waals surface area contributed by atoms with Gasteiger partial charge in [-0.15, -0.1) is 0 Å². The van der Waals surface area contributed by atoms with Crippen molar-refractivity contribution in [2.24, 2.45) is 5.92 Å². The van der Waals surface area contributed by atoms with Crippen molar-refractivity contribution in [1.82, 2.24) is 10.2 Å². The number of hydrogen-bond donors (Lipinski definition) is 1. The van der Waals surface area contributed by atoms with Gasteiger partial charge in [-0.3, -0.25) is 4.90 Å². The molecule has 2 aliphatic rings. The van der Waals surface area contributed by atoms with E-state index in [2.05, 4.69) is 22.4 Å². The summed E-state index contributed by atoms with van der Waals surface area (Å²) < 4.78 is 5.74. The minimum absolute atomic E-state index is 0.0669. The van der Waals surface area contributed by atoms with Crippen LogP contribution in [0.15, 0.2) is 0 Å². The zero-order valence-electron chi connectivity index (χ0n) is 11.3. The van der Waals surface area contributed by atoms with Crippen LogP contribution in [0.4, 0.5) is 0 Å². The van der Waals surface area contributed by atoms with Gasteiger partial charge in [-0.2, -0.15) is 10.5 Å². The number of morpholine rings is 1. The first-order chi connectivity index (χ1) is 9.33. The zero-order chi connectivity index (χ0) is 13.5. The van der Waals surface area contributed by atoms with Crippen LogP contribution in [0.3, 0.4) is 0 Å². The highest BCUT2D eigenvalue weighted by atomic mass is 16.5. The fourth-order valence-electron chi connectivity index (χ4n) is 2.51. The zero-order valence-corrected chi connectivity index (χ0v) is 11.3. The van der Waals surface area contributed by atoms with Crippen LogP contribution < -0.4 is 5.32 Å². The summed E-state index contributed by atoms with van der Waals surface area (Å²) in [4.78, 5) is 2.52. The Morgan fingerprint density at radius 1 is 1.37 bits per heavy atom. The van der Waals surface area contributed by atoms with E-state index in [1.165, 1.54) is 12.8 Å².